The van der Waals surface area contributed by atoms with Crippen molar-refractivity contribution < 1.29 is 13.9 Å². The van der Waals surface area contributed by atoms with E-state index < -0.39 is 0 Å². The molecule has 0 unspecified atom stereocenters. The normalized spacial score (nSPS) is 15.9. The smallest absolute Gasteiger partial charge is 0.232 e. The summed E-state index contributed by atoms with van der Waals surface area (Å²) in [5, 5.41) is 2.64. The quantitative estimate of drug-likeness (QED) is 0.897. The number of ether oxygens (including phenoxy) is 1. The lowest BCUT2D eigenvalue weighted by atomic mass is 10.1. The van der Waals surface area contributed by atoms with Gasteiger partial charge in [0.2, 0.25) is 5.91 Å². The lowest BCUT2D eigenvalue weighted by molar-refractivity contribution is -0.133. The topological polar surface area (TPSA) is 38.3 Å². The predicted molar refractivity (Wildman–Crippen MR) is 57.0 cm³/mol. The fraction of sp³-hybridized carbons (Fsp3) is 0.300. The van der Waals surface area contributed by atoms with Crippen molar-refractivity contribution in [3.63, 3.8) is 0 Å². The third-order valence-electron chi connectivity index (χ3n) is 2.14. The Hall–Kier alpha value is -0.940. The van der Waals surface area contributed by atoms with Crippen LogP contribution in [0.25, 0.3) is 0 Å². The summed E-state index contributed by atoms with van der Waals surface area (Å²) in [6.07, 6.45) is 0. The third-order valence-corrected chi connectivity index (χ3v) is 2.60. The van der Waals surface area contributed by atoms with Crippen molar-refractivity contribution in [1.82, 2.24) is 0 Å². The Labute approximate surface area is 94.7 Å². The summed E-state index contributed by atoms with van der Waals surface area (Å²) >= 11 is 3.15. The Morgan fingerprint density at radius 1 is 1.47 bits per heavy atom. The van der Waals surface area contributed by atoms with Crippen molar-refractivity contribution in [2.45, 2.75) is 0 Å². The number of rotatable bonds is 2. The van der Waals surface area contributed by atoms with Crippen LogP contribution < -0.4 is 5.32 Å². The molecule has 1 saturated heterocycles. The summed E-state index contributed by atoms with van der Waals surface area (Å²) < 4.78 is 18.5. The van der Waals surface area contributed by atoms with Gasteiger partial charge in [0, 0.05) is 10.2 Å². The first kappa shape index (κ1) is 10.6. The van der Waals surface area contributed by atoms with E-state index in [0.29, 0.717) is 23.4 Å². The Balaban J connectivity index is 2.06. The van der Waals surface area contributed by atoms with Crippen molar-refractivity contribution in [2.75, 3.05) is 18.5 Å². The van der Waals surface area contributed by atoms with Crippen molar-refractivity contribution in [2.24, 2.45) is 5.92 Å². The van der Waals surface area contributed by atoms with Gasteiger partial charge in [-0.3, -0.25) is 4.79 Å². The summed E-state index contributed by atoms with van der Waals surface area (Å²) in [7, 11) is 0. The first-order valence-electron chi connectivity index (χ1n) is 4.50. The van der Waals surface area contributed by atoms with Gasteiger partial charge < -0.3 is 10.1 Å². The molecule has 0 spiro atoms. The highest BCUT2D eigenvalue weighted by Gasteiger charge is 2.26. The monoisotopic (exact) mass is 273 g/mol. The van der Waals surface area contributed by atoms with Crippen LogP contribution in [0.5, 0.6) is 0 Å². The van der Waals surface area contributed by atoms with Crippen LogP contribution in [0.4, 0.5) is 10.1 Å². The van der Waals surface area contributed by atoms with Gasteiger partial charge >= 0.3 is 0 Å². The SMILES string of the molecule is O=C(Nc1cc(F)cc(Br)c1)C1COC1. The summed E-state index contributed by atoms with van der Waals surface area (Å²) in [5.41, 5.74) is 0.457. The van der Waals surface area contributed by atoms with Crippen molar-refractivity contribution in [1.29, 1.82) is 0 Å². The van der Waals surface area contributed by atoms with Crippen LogP contribution >= 0.6 is 15.9 Å². The molecule has 0 saturated carbocycles. The van der Waals surface area contributed by atoms with Crippen LogP contribution in [0.3, 0.4) is 0 Å². The van der Waals surface area contributed by atoms with Crippen molar-refractivity contribution >= 4 is 27.5 Å². The van der Waals surface area contributed by atoms with Gasteiger partial charge in [0.25, 0.3) is 0 Å². The van der Waals surface area contributed by atoms with Crippen LogP contribution in [0.15, 0.2) is 22.7 Å². The molecule has 80 valence electrons. The standard InChI is InChI=1S/C10H9BrFNO2/c11-7-1-8(12)3-9(2-7)13-10(14)6-4-15-5-6/h1-3,6H,4-5H2,(H,13,14). The number of amides is 1. The third kappa shape index (κ3) is 2.54. The molecule has 1 aliphatic rings. The molecule has 1 aromatic carbocycles. The summed E-state index contributed by atoms with van der Waals surface area (Å²) in [6.45, 7) is 0.893. The van der Waals surface area contributed by atoms with Crippen LogP contribution in [-0.2, 0) is 9.53 Å². The molecule has 1 N–H and O–H groups in total. The molecule has 0 bridgehead atoms. The molecule has 1 aromatic rings. The maximum Gasteiger partial charge on any atom is 0.232 e. The minimum atomic E-state index is -0.385. The predicted octanol–water partition coefficient (Wildman–Crippen LogP) is 2.17. The number of benzene rings is 1. The first-order chi connectivity index (χ1) is 7.15. The van der Waals surface area contributed by atoms with Crippen molar-refractivity contribution in [3.05, 3.63) is 28.5 Å². The van der Waals surface area contributed by atoms with E-state index >= 15 is 0 Å². The van der Waals surface area contributed by atoms with Gasteiger partial charge in [-0.05, 0) is 18.2 Å². The van der Waals surface area contributed by atoms with E-state index in [1.54, 1.807) is 6.07 Å². The number of anilines is 1. The van der Waals surface area contributed by atoms with E-state index in [2.05, 4.69) is 21.2 Å². The van der Waals surface area contributed by atoms with Gasteiger partial charge in [0.05, 0.1) is 19.1 Å². The minimum absolute atomic E-state index is 0.105. The van der Waals surface area contributed by atoms with Gasteiger partial charge in [0.15, 0.2) is 0 Å². The lowest BCUT2D eigenvalue weighted by Crippen LogP contribution is -2.38. The van der Waals surface area contributed by atoms with Gasteiger partial charge in [-0.1, -0.05) is 15.9 Å². The number of hydrogen-bond acceptors (Lipinski definition) is 2. The lowest BCUT2D eigenvalue weighted by Gasteiger charge is -2.24. The van der Waals surface area contributed by atoms with Crippen LogP contribution in [0.1, 0.15) is 0 Å². The maximum atomic E-state index is 13.0. The average Bonchev–Trinajstić information content (AvgIpc) is 1.96. The van der Waals surface area contributed by atoms with E-state index in [4.69, 9.17) is 4.74 Å². The second kappa shape index (κ2) is 4.28. The molecule has 1 fully saturated rings. The molecule has 0 aliphatic carbocycles. The summed E-state index contributed by atoms with van der Waals surface area (Å²) in [6, 6.07) is 4.27. The largest absolute Gasteiger partial charge is 0.380 e. The van der Waals surface area contributed by atoms with Gasteiger partial charge in [-0.15, -0.1) is 0 Å². The zero-order valence-electron chi connectivity index (χ0n) is 7.80. The highest BCUT2D eigenvalue weighted by atomic mass is 79.9. The number of halogens is 2. The Morgan fingerprint density at radius 3 is 2.73 bits per heavy atom. The fourth-order valence-electron chi connectivity index (χ4n) is 1.26. The molecule has 1 aliphatic heterocycles. The van der Waals surface area contributed by atoms with E-state index in [9.17, 15) is 9.18 Å². The number of hydrogen-bond donors (Lipinski definition) is 1. The zero-order valence-corrected chi connectivity index (χ0v) is 9.38. The molecule has 1 amide bonds. The number of carbonyl (C=O) groups is 1. The Bertz CT molecular complexity index is 373. The molecule has 2 rings (SSSR count). The molecule has 3 nitrogen and oxygen atoms in total. The Kier molecular flexibility index (Phi) is 3.02. The molecule has 0 aromatic heterocycles. The zero-order chi connectivity index (χ0) is 10.8. The highest BCUT2D eigenvalue weighted by molar-refractivity contribution is 9.10. The second-order valence-electron chi connectivity index (χ2n) is 3.38. The second-order valence-corrected chi connectivity index (χ2v) is 4.30. The molecular formula is C10H9BrFNO2. The van der Waals surface area contributed by atoms with Gasteiger partial charge in [0.1, 0.15) is 5.82 Å². The van der Waals surface area contributed by atoms with Crippen LogP contribution in [0, 0.1) is 11.7 Å². The molecular weight excluding hydrogens is 265 g/mol. The highest BCUT2D eigenvalue weighted by Crippen LogP contribution is 2.20. The maximum absolute atomic E-state index is 13.0. The van der Waals surface area contributed by atoms with E-state index in [1.807, 2.05) is 0 Å². The van der Waals surface area contributed by atoms with Crippen LogP contribution in [0.2, 0.25) is 0 Å². The number of nitrogens with one attached hydrogen (secondary N) is 1. The summed E-state index contributed by atoms with van der Waals surface area (Å²) in [4.78, 5) is 11.5. The first-order valence-corrected chi connectivity index (χ1v) is 5.29. The van der Waals surface area contributed by atoms with Gasteiger partial charge in [-0.25, -0.2) is 4.39 Å². The molecule has 5 heteroatoms. The minimum Gasteiger partial charge on any atom is -0.380 e. The van der Waals surface area contributed by atoms with E-state index in [1.165, 1.54) is 12.1 Å². The van der Waals surface area contributed by atoms with Gasteiger partial charge in [-0.2, -0.15) is 0 Å². The fourth-order valence-corrected chi connectivity index (χ4v) is 1.72. The number of carbonyl (C=O) groups excluding carboxylic acids is 1. The molecule has 0 radical (unpaired) electrons. The van der Waals surface area contributed by atoms with Crippen LogP contribution in [-0.4, -0.2) is 19.1 Å². The summed E-state index contributed by atoms with van der Waals surface area (Å²) in [5.74, 6) is -0.615. The average molecular weight is 274 g/mol. The van der Waals surface area contributed by atoms with Crippen molar-refractivity contribution in [3.8, 4) is 0 Å². The van der Waals surface area contributed by atoms with E-state index in [-0.39, 0.29) is 17.6 Å². The molecule has 0 atom stereocenters. The molecule has 15 heavy (non-hydrogen) atoms. The Morgan fingerprint density at radius 2 is 2.20 bits per heavy atom. The van der Waals surface area contributed by atoms with E-state index in [0.717, 1.165) is 0 Å². The molecule has 1 heterocycles.